The molecule has 1 amide bonds. The molecule has 0 radical (unpaired) electrons. The van der Waals surface area contributed by atoms with Crippen LogP contribution in [0.25, 0.3) is 11.1 Å². The van der Waals surface area contributed by atoms with Crippen molar-refractivity contribution in [2.75, 3.05) is 6.54 Å². The Kier molecular flexibility index (Phi) is 4.30. The van der Waals surface area contributed by atoms with Crippen molar-refractivity contribution < 1.29 is 4.79 Å². The Morgan fingerprint density at radius 3 is 2.28 bits per heavy atom. The summed E-state index contributed by atoms with van der Waals surface area (Å²) in [6.07, 6.45) is 5.65. The van der Waals surface area contributed by atoms with Gasteiger partial charge in [-0.25, -0.2) is 0 Å². The van der Waals surface area contributed by atoms with Gasteiger partial charge >= 0.3 is 0 Å². The van der Waals surface area contributed by atoms with E-state index in [1.807, 2.05) is 59.5 Å². The van der Waals surface area contributed by atoms with Gasteiger partial charge in [-0.1, -0.05) is 42.5 Å². The molecule has 0 bridgehead atoms. The van der Waals surface area contributed by atoms with E-state index in [1.54, 1.807) is 12.4 Å². The zero-order chi connectivity index (χ0) is 17.1. The van der Waals surface area contributed by atoms with Gasteiger partial charge in [-0.15, -0.1) is 0 Å². The summed E-state index contributed by atoms with van der Waals surface area (Å²) in [4.78, 5) is 19.1. The average molecular weight is 328 g/mol. The van der Waals surface area contributed by atoms with Crippen molar-refractivity contribution in [3.63, 3.8) is 0 Å². The SMILES string of the molecule is O=C(c1ccc(-c2ccncc2)cc1)N1CCCC1c1ccccc1. The van der Waals surface area contributed by atoms with Crippen LogP contribution in [0.5, 0.6) is 0 Å². The number of carbonyl (C=O) groups excluding carboxylic acids is 1. The Labute approximate surface area is 148 Å². The normalized spacial score (nSPS) is 16.8. The highest BCUT2D eigenvalue weighted by Gasteiger charge is 2.30. The molecule has 3 heteroatoms. The smallest absolute Gasteiger partial charge is 0.254 e. The number of amides is 1. The molecule has 3 aromatic rings. The molecule has 124 valence electrons. The minimum atomic E-state index is 0.118. The van der Waals surface area contributed by atoms with E-state index in [1.165, 1.54) is 5.56 Å². The Hall–Kier alpha value is -2.94. The topological polar surface area (TPSA) is 33.2 Å². The third-order valence-corrected chi connectivity index (χ3v) is 4.84. The number of likely N-dealkylation sites (tertiary alicyclic amines) is 1. The fourth-order valence-corrected chi connectivity index (χ4v) is 3.55. The minimum Gasteiger partial charge on any atom is -0.332 e. The Balaban J connectivity index is 1.56. The number of nitrogens with zero attached hydrogens (tertiary/aromatic N) is 2. The summed E-state index contributed by atoms with van der Waals surface area (Å²) >= 11 is 0. The van der Waals surface area contributed by atoms with E-state index < -0.39 is 0 Å². The first kappa shape index (κ1) is 15.6. The van der Waals surface area contributed by atoms with E-state index in [2.05, 4.69) is 17.1 Å². The van der Waals surface area contributed by atoms with Crippen molar-refractivity contribution in [3.8, 4) is 11.1 Å². The molecule has 0 saturated carbocycles. The van der Waals surface area contributed by atoms with E-state index >= 15 is 0 Å². The van der Waals surface area contributed by atoms with Crippen LogP contribution < -0.4 is 0 Å². The third-order valence-electron chi connectivity index (χ3n) is 4.84. The second-order valence-corrected chi connectivity index (χ2v) is 6.38. The highest BCUT2D eigenvalue weighted by atomic mass is 16.2. The van der Waals surface area contributed by atoms with Crippen molar-refractivity contribution in [3.05, 3.63) is 90.3 Å². The number of hydrogen-bond donors (Lipinski definition) is 0. The summed E-state index contributed by atoms with van der Waals surface area (Å²) < 4.78 is 0. The zero-order valence-corrected chi connectivity index (χ0v) is 14.0. The van der Waals surface area contributed by atoms with Crippen molar-refractivity contribution >= 4 is 5.91 Å². The van der Waals surface area contributed by atoms with Crippen LogP contribution in [0.15, 0.2) is 79.1 Å². The van der Waals surface area contributed by atoms with Crippen LogP contribution in [0.2, 0.25) is 0 Å². The molecule has 1 saturated heterocycles. The Morgan fingerprint density at radius 1 is 0.880 bits per heavy atom. The van der Waals surface area contributed by atoms with Crippen LogP contribution in [0.3, 0.4) is 0 Å². The van der Waals surface area contributed by atoms with Crippen molar-refractivity contribution in [1.82, 2.24) is 9.88 Å². The number of carbonyl (C=O) groups is 1. The van der Waals surface area contributed by atoms with Crippen LogP contribution in [-0.4, -0.2) is 22.3 Å². The van der Waals surface area contributed by atoms with Crippen LogP contribution in [0.4, 0.5) is 0 Å². The lowest BCUT2D eigenvalue weighted by Gasteiger charge is -2.25. The van der Waals surface area contributed by atoms with E-state index in [4.69, 9.17) is 0 Å². The standard InChI is InChI=1S/C22H20N2O/c25-22(24-16-4-7-21(24)19-5-2-1-3-6-19)20-10-8-17(9-11-20)18-12-14-23-15-13-18/h1-3,5-6,8-15,21H,4,7,16H2. The van der Waals surface area contributed by atoms with Gasteiger partial charge in [-0.05, 0) is 53.8 Å². The predicted molar refractivity (Wildman–Crippen MR) is 99.1 cm³/mol. The first-order chi connectivity index (χ1) is 12.3. The molecule has 4 rings (SSSR count). The molecule has 25 heavy (non-hydrogen) atoms. The van der Waals surface area contributed by atoms with Gasteiger partial charge in [0.25, 0.3) is 5.91 Å². The number of rotatable bonds is 3. The molecular formula is C22H20N2O. The van der Waals surface area contributed by atoms with Gasteiger partial charge < -0.3 is 4.90 Å². The highest BCUT2D eigenvalue weighted by Crippen LogP contribution is 2.33. The molecule has 1 aliphatic heterocycles. The lowest BCUT2D eigenvalue weighted by Crippen LogP contribution is -2.30. The summed E-state index contributed by atoms with van der Waals surface area (Å²) in [6, 6.07) is 22.3. The molecule has 0 N–H and O–H groups in total. The van der Waals surface area contributed by atoms with Crippen molar-refractivity contribution in [2.45, 2.75) is 18.9 Å². The van der Waals surface area contributed by atoms with E-state index in [0.29, 0.717) is 0 Å². The van der Waals surface area contributed by atoms with Gasteiger partial charge in [-0.3, -0.25) is 9.78 Å². The van der Waals surface area contributed by atoms with Gasteiger partial charge in [0.2, 0.25) is 0 Å². The zero-order valence-electron chi connectivity index (χ0n) is 14.0. The van der Waals surface area contributed by atoms with Gasteiger partial charge in [-0.2, -0.15) is 0 Å². The van der Waals surface area contributed by atoms with Crippen LogP contribution >= 0.6 is 0 Å². The first-order valence-corrected chi connectivity index (χ1v) is 8.69. The van der Waals surface area contributed by atoms with Crippen LogP contribution in [0.1, 0.15) is 34.8 Å². The molecule has 2 aromatic carbocycles. The summed E-state index contributed by atoms with van der Waals surface area (Å²) in [5.41, 5.74) is 4.18. The molecule has 1 aliphatic rings. The monoisotopic (exact) mass is 328 g/mol. The number of pyridine rings is 1. The molecule has 1 unspecified atom stereocenters. The Morgan fingerprint density at radius 2 is 1.56 bits per heavy atom. The minimum absolute atomic E-state index is 0.118. The van der Waals surface area contributed by atoms with Gasteiger partial charge in [0.15, 0.2) is 0 Å². The van der Waals surface area contributed by atoms with E-state index in [9.17, 15) is 4.79 Å². The quantitative estimate of drug-likeness (QED) is 0.696. The van der Waals surface area contributed by atoms with Crippen molar-refractivity contribution in [2.24, 2.45) is 0 Å². The molecule has 1 atom stereocenters. The van der Waals surface area contributed by atoms with Gasteiger partial charge in [0, 0.05) is 24.5 Å². The van der Waals surface area contributed by atoms with Crippen LogP contribution in [0, 0.1) is 0 Å². The predicted octanol–water partition coefficient (Wildman–Crippen LogP) is 4.73. The summed E-state index contributed by atoms with van der Waals surface area (Å²) in [6.45, 7) is 0.824. The second-order valence-electron chi connectivity index (χ2n) is 6.38. The first-order valence-electron chi connectivity index (χ1n) is 8.69. The summed E-state index contributed by atoms with van der Waals surface area (Å²) in [5, 5.41) is 0. The molecular weight excluding hydrogens is 308 g/mol. The maximum Gasteiger partial charge on any atom is 0.254 e. The fourth-order valence-electron chi connectivity index (χ4n) is 3.55. The number of aromatic nitrogens is 1. The molecule has 0 spiro atoms. The lowest BCUT2D eigenvalue weighted by atomic mass is 10.0. The third kappa shape index (κ3) is 3.18. The van der Waals surface area contributed by atoms with Gasteiger partial charge in [0.1, 0.15) is 0 Å². The average Bonchev–Trinajstić information content (AvgIpc) is 3.19. The highest BCUT2D eigenvalue weighted by molar-refractivity contribution is 5.95. The molecule has 0 aliphatic carbocycles. The van der Waals surface area contributed by atoms with Gasteiger partial charge in [0.05, 0.1) is 6.04 Å². The van der Waals surface area contributed by atoms with E-state index in [0.717, 1.165) is 36.1 Å². The Bertz CT molecular complexity index is 844. The molecule has 3 nitrogen and oxygen atoms in total. The summed E-state index contributed by atoms with van der Waals surface area (Å²) in [7, 11) is 0. The molecule has 1 aromatic heterocycles. The largest absolute Gasteiger partial charge is 0.332 e. The van der Waals surface area contributed by atoms with Crippen molar-refractivity contribution in [1.29, 1.82) is 0 Å². The van der Waals surface area contributed by atoms with Crippen LogP contribution in [-0.2, 0) is 0 Å². The second kappa shape index (κ2) is 6.89. The fraction of sp³-hybridized carbons (Fsp3) is 0.182. The maximum absolute atomic E-state index is 13.0. The number of hydrogen-bond acceptors (Lipinski definition) is 2. The number of benzene rings is 2. The molecule has 2 heterocycles. The molecule has 1 fully saturated rings. The lowest BCUT2D eigenvalue weighted by molar-refractivity contribution is 0.0735. The summed E-state index contributed by atoms with van der Waals surface area (Å²) in [5.74, 6) is 0.118. The maximum atomic E-state index is 13.0. The van der Waals surface area contributed by atoms with E-state index in [-0.39, 0.29) is 11.9 Å².